The fourth-order valence-electron chi connectivity index (χ4n) is 4.47. The molecule has 0 amide bonds. The number of hydrogen-bond acceptors (Lipinski definition) is 8. The van der Waals surface area contributed by atoms with E-state index in [0.717, 1.165) is 36.2 Å². The monoisotopic (exact) mass is 527 g/mol. The number of para-hydroxylation sites is 1. The molecular formula is C28H29N7S2. The number of nitrogens with two attached hydrogens (primary N) is 1. The van der Waals surface area contributed by atoms with Crippen LogP contribution in [0.1, 0.15) is 23.0 Å². The molecule has 0 atom stereocenters. The minimum atomic E-state index is 0.191. The maximum Gasteiger partial charge on any atom is 0.232 e. The summed E-state index contributed by atoms with van der Waals surface area (Å²) in [5.41, 5.74) is 9.46. The zero-order chi connectivity index (χ0) is 25.5. The van der Waals surface area contributed by atoms with E-state index in [-0.39, 0.29) is 12.0 Å². The summed E-state index contributed by atoms with van der Waals surface area (Å²) in [7, 11) is 0. The normalized spacial score (nSPS) is 14.0. The van der Waals surface area contributed by atoms with Crippen molar-refractivity contribution in [3.05, 3.63) is 108 Å². The summed E-state index contributed by atoms with van der Waals surface area (Å²) in [4.78, 5) is 17.9. The van der Waals surface area contributed by atoms with Gasteiger partial charge < -0.3 is 16.0 Å². The molecule has 4 aromatic rings. The number of hydrogen-bond donors (Lipinski definition) is 2. The Labute approximate surface area is 227 Å². The molecule has 2 heterocycles. The van der Waals surface area contributed by atoms with Gasteiger partial charge in [0.05, 0.1) is 11.8 Å². The second-order valence-electron chi connectivity index (χ2n) is 8.73. The van der Waals surface area contributed by atoms with E-state index in [1.165, 1.54) is 11.1 Å². The number of nitrogens with one attached hydrogen (secondary N) is 1. The van der Waals surface area contributed by atoms with Crippen LogP contribution in [-0.2, 0) is 5.75 Å². The number of thiocarbonyl (C=S) groups is 1. The van der Waals surface area contributed by atoms with Crippen LogP contribution in [0, 0.1) is 0 Å². The molecule has 0 saturated carbocycles. The molecule has 1 aromatic heterocycles. The number of aromatic nitrogens is 3. The summed E-state index contributed by atoms with van der Waals surface area (Å²) in [6.45, 7) is 3.61. The van der Waals surface area contributed by atoms with Gasteiger partial charge in [0.15, 0.2) is 0 Å². The first-order chi connectivity index (χ1) is 18.2. The maximum absolute atomic E-state index is 5.94. The van der Waals surface area contributed by atoms with Gasteiger partial charge in [0, 0.05) is 31.9 Å². The fraction of sp³-hybridized carbons (Fsp3) is 0.214. The summed E-state index contributed by atoms with van der Waals surface area (Å²) >= 11 is 7.35. The fourth-order valence-corrected chi connectivity index (χ4v) is 5.58. The second-order valence-corrected chi connectivity index (χ2v) is 10.3. The van der Waals surface area contributed by atoms with Crippen molar-refractivity contribution in [3.63, 3.8) is 0 Å². The number of thioether (sulfide) groups is 1. The summed E-state index contributed by atoms with van der Waals surface area (Å²) in [6.07, 6.45) is 0. The zero-order valence-corrected chi connectivity index (χ0v) is 22.0. The molecule has 1 aliphatic rings. The molecule has 1 fully saturated rings. The standard InChI is InChI=1S/C28H29N7S2/c29-26-31-24(32-27(33-26)30-23-14-8-3-9-15-23)20-37-28(36)35-18-16-34(17-19-35)25(21-10-4-1-5-11-21)22-12-6-2-7-13-22/h1-15,25H,16-20H2,(H3,29,30,31,32,33). The molecule has 188 valence electrons. The average Bonchev–Trinajstić information content (AvgIpc) is 2.94. The van der Waals surface area contributed by atoms with Gasteiger partial charge in [-0.15, -0.1) is 0 Å². The zero-order valence-electron chi connectivity index (χ0n) is 20.4. The molecule has 0 aliphatic carbocycles. The third-order valence-electron chi connectivity index (χ3n) is 6.22. The van der Waals surface area contributed by atoms with Gasteiger partial charge in [-0.05, 0) is 23.3 Å². The Morgan fingerprint density at radius 2 is 1.38 bits per heavy atom. The van der Waals surface area contributed by atoms with Crippen LogP contribution in [0.25, 0.3) is 0 Å². The van der Waals surface area contributed by atoms with Crippen LogP contribution in [0.5, 0.6) is 0 Å². The van der Waals surface area contributed by atoms with Gasteiger partial charge >= 0.3 is 0 Å². The molecule has 3 N–H and O–H groups in total. The molecule has 3 aromatic carbocycles. The van der Waals surface area contributed by atoms with Gasteiger partial charge in [-0.1, -0.05) is 103 Å². The van der Waals surface area contributed by atoms with Crippen LogP contribution in [0.4, 0.5) is 17.6 Å². The SMILES string of the molecule is Nc1nc(CSC(=S)N2CCN(C(c3ccccc3)c3ccccc3)CC2)nc(Nc2ccccc2)n1. The highest BCUT2D eigenvalue weighted by Crippen LogP contribution is 2.30. The molecule has 9 heteroatoms. The minimum absolute atomic E-state index is 0.191. The van der Waals surface area contributed by atoms with Crippen molar-refractivity contribution in [1.29, 1.82) is 0 Å². The molecule has 0 spiro atoms. The van der Waals surface area contributed by atoms with Crippen LogP contribution < -0.4 is 11.1 Å². The Bertz CT molecular complexity index is 1260. The average molecular weight is 528 g/mol. The van der Waals surface area contributed by atoms with Crippen molar-refractivity contribution in [2.75, 3.05) is 37.2 Å². The molecule has 1 aliphatic heterocycles. The summed E-state index contributed by atoms with van der Waals surface area (Å²) < 4.78 is 0.854. The highest BCUT2D eigenvalue weighted by Gasteiger charge is 2.27. The van der Waals surface area contributed by atoms with E-state index in [1.54, 1.807) is 11.8 Å². The van der Waals surface area contributed by atoms with Crippen LogP contribution in [0.3, 0.4) is 0 Å². The van der Waals surface area contributed by atoms with E-state index in [4.69, 9.17) is 18.0 Å². The van der Waals surface area contributed by atoms with Crippen molar-refractivity contribution in [2.24, 2.45) is 0 Å². The first kappa shape index (κ1) is 25.1. The highest BCUT2D eigenvalue weighted by molar-refractivity contribution is 8.22. The Kier molecular flexibility index (Phi) is 8.25. The van der Waals surface area contributed by atoms with Crippen molar-refractivity contribution in [2.45, 2.75) is 11.8 Å². The Morgan fingerprint density at radius 3 is 1.97 bits per heavy atom. The number of nitrogens with zero attached hydrogens (tertiary/aromatic N) is 5. The predicted octanol–water partition coefficient (Wildman–Crippen LogP) is 5.12. The largest absolute Gasteiger partial charge is 0.368 e. The van der Waals surface area contributed by atoms with Crippen LogP contribution in [0.15, 0.2) is 91.0 Å². The lowest BCUT2D eigenvalue weighted by atomic mass is 9.96. The Morgan fingerprint density at radius 1 is 0.811 bits per heavy atom. The van der Waals surface area contributed by atoms with Crippen molar-refractivity contribution in [3.8, 4) is 0 Å². The lowest BCUT2D eigenvalue weighted by Gasteiger charge is -2.40. The van der Waals surface area contributed by atoms with E-state index in [1.807, 2.05) is 30.3 Å². The van der Waals surface area contributed by atoms with E-state index >= 15 is 0 Å². The molecule has 1 saturated heterocycles. The highest BCUT2D eigenvalue weighted by atomic mass is 32.2. The Hall–Kier alpha value is -3.53. The number of piperazine rings is 1. The molecule has 37 heavy (non-hydrogen) atoms. The van der Waals surface area contributed by atoms with Gasteiger partial charge in [-0.3, -0.25) is 4.90 Å². The van der Waals surface area contributed by atoms with E-state index in [0.29, 0.717) is 17.5 Å². The predicted molar refractivity (Wildman–Crippen MR) is 156 cm³/mol. The first-order valence-corrected chi connectivity index (χ1v) is 13.6. The smallest absolute Gasteiger partial charge is 0.232 e. The van der Waals surface area contributed by atoms with Crippen molar-refractivity contribution >= 4 is 45.9 Å². The quantitative estimate of drug-likeness (QED) is 0.318. The lowest BCUT2D eigenvalue weighted by molar-refractivity contribution is 0.153. The van der Waals surface area contributed by atoms with Gasteiger partial charge in [0.1, 0.15) is 10.1 Å². The van der Waals surface area contributed by atoms with Crippen LogP contribution in [0.2, 0.25) is 0 Å². The van der Waals surface area contributed by atoms with Crippen molar-refractivity contribution in [1.82, 2.24) is 24.8 Å². The summed E-state index contributed by atoms with van der Waals surface area (Å²) in [5.74, 6) is 1.76. The molecule has 5 rings (SSSR count). The number of anilines is 3. The molecule has 7 nitrogen and oxygen atoms in total. The third-order valence-corrected chi connectivity index (χ3v) is 7.74. The van der Waals surface area contributed by atoms with Gasteiger partial charge in [-0.2, -0.15) is 15.0 Å². The first-order valence-electron chi connectivity index (χ1n) is 12.2. The van der Waals surface area contributed by atoms with E-state index < -0.39 is 0 Å². The van der Waals surface area contributed by atoms with Crippen LogP contribution in [-0.4, -0.2) is 55.3 Å². The lowest BCUT2D eigenvalue weighted by Crippen LogP contribution is -2.48. The number of benzene rings is 3. The third kappa shape index (κ3) is 6.62. The van der Waals surface area contributed by atoms with E-state index in [2.05, 4.69) is 90.7 Å². The van der Waals surface area contributed by atoms with Gasteiger partial charge in [0.2, 0.25) is 11.9 Å². The molecule has 0 bridgehead atoms. The van der Waals surface area contributed by atoms with Gasteiger partial charge in [-0.25, -0.2) is 0 Å². The summed E-state index contributed by atoms with van der Waals surface area (Å²) in [6, 6.07) is 31.4. The minimum Gasteiger partial charge on any atom is -0.368 e. The molecular weight excluding hydrogens is 498 g/mol. The van der Waals surface area contributed by atoms with E-state index in [9.17, 15) is 0 Å². The topological polar surface area (TPSA) is 83.2 Å². The number of nitrogen functional groups attached to an aromatic ring is 1. The summed E-state index contributed by atoms with van der Waals surface area (Å²) in [5, 5.41) is 3.18. The van der Waals surface area contributed by atoms with Crippen LogP contribution >= 0.6 is 24.0 Å². The molecule has 0 radical (unpaired) electrons. The number of rotatable bonds is 7. The van der Waals surface area contributed by atoms with Gasteiger partial charge in [0.25, 0.3) is 0 Å². The Balaban J connectivity index is 1.19. The molecule has 0 unspecified atom stereocenters. The second kappa shape index (κ2) is 12.1. The maximum atomic E-state index is 5.94. The van der Waals surface area contributed by atoms with Crippen molar-refractivity contribution < 1.29 is 0 Å².